The zero-order chi connectivity index (χ0) is 13.2. The van der Waals surface area contributed by atoms with Crippen LogP contribution in [0, 0.1) is 11.6 Å². The zero-order valence-corrected chi connectivity index (χ0v) is 10.3. The summed E-state index contributed by atoms with van der Waals surface area (Å²) in [7, 11) is 0. The van der Waals surface area contributed by atoms with Crippen molar-refractivity contribution in [1.29, 1.82) is 0 Å². The average Bonchev–Trinajstić information content (AvgIpc) is 2.89. The van der Waals surface area contributed by atoms with Crippen molar-refractivity contribution in [3.05, 3.63) is 65.7 Å². The Balaban J connectivity index is 1.99. The first-order valence-electron chi connectivity index (χ1n) is 6.29. The van der Waals surface area contributed by atoms with Crippen molar-refractivity contribution >= 4 is 5.69 Å². The summed E-state index contributed by atoms with van der Waals surface area (Å²) in [4.78, 5) is 0. The molecule has 4 heteroatoms. The molecular formula is C15H14F2N2. The van der Waals surface area contributed by atoms with Crippen LogP contribution in [-0.4, -0.2) is 6.54 Å². The Labute approximate surface area is 110 Å². The summed E-state index contributed by atoms with van der Waals surface area (Å²) in [6, 6.07) is 13.0. The molecule has 98 valence electrons. The van der Waals surface area contributed by atoms with Crippen LogP contribution in [-0.2, 0) is 0 Å². The highest BCUT2D eigenvalue weighted by molar-refractivity contribution is 5.50. The predicted molar refractivity (Wildman–Crippen MR) is 70.6 cm³/mol. The summed E-state index contributed by atoms with van der Waals surface area (Å²) >= 11 is 0. The second-order valence-corrected chi connectivity index (χ2v) is 4.56. The van der Waals surface area contributed by atoms with Gasteiger partial charge in [-0.15, -0.1) is 0 Å². The third-order valence-corrected chi connectivity index (χ3v) is 3.39. The van der Waals surface area contributed by atoms with Crippen LogP contribution in [0.4, 0.5) is 14.5 Å². The minimum atomic E-state index is -0.307. The predicted octanol–water partition coefficient (Wildman–Crippen LogP) is 3.42. The molecule has 1 heterocycles. The average molecular weight is 260 g/mol. The minimum absolute atomic E-state index is 0.182. The van der Waals surface area contributed by atoms with Crippen LogP contribution in [0.1, 0.15) is 18.0 Å². The normalized spacial score (nSPS) is 18.8. The van der Waals surface area contributed by atoms with Gasteiger partial charge in [-0.05, 0) is 24.6 Å². The summed E-state index contributed by atoms with van der Waals surface area (Å²) in [5.41, 5.74) is 4.16. The van der Waals surface area contributed by atoms with Gasteiger partial charge in [0.1, 0.15) is 11.6 Å². The number of nitrogens with zero attached hydrogens (tertiary/aromatic N) is 1. The molecule has 2 aromatic rings. The molecule has 1 fully saturated rings. The fourth-order valence-electron chi connectivity index (χ4n) is 2.50. The number of nitrogens with one attached hydrogen (secondary N) is 1. The molecule has 3 rings (SSSR count). The van der Waals surface area contributed by atoms with Crippen molar-refractivity contribution < 1.29 is 8.78 Å². The number of halogens is 2. The van der Waals surface area contributed by atoms with E-state index in [1.165, 1.54) is 12.1 Å². The van der Waals surface area contributed by atoms with Gasteiger partial charge < -0.3 is 0 Å². The third-order valence-electron chi connectivity index (χ3n) is 3.39. The monoisotopic (exact) mass is 260 g/mol. The highest BCUT2D eigenvalue weighted by Crippen LogP contribution is 2.33. The van der Waals surface area contributed by atoms with Gasteiger partial charge in [0.2, 0.25) is 0 Å². The smallest absolute Gasteiger partial charge is 0.147 e. The zero-order valence-electron chi connectivity index (χ0n) is 10.3. The number of hydrogen-bond donors (Lipinski definition) is 1. The number of para-hydroxylation sites is 1. The van der Waals surface area contributed by atoms with E-state index in [0.29, 0.717) is 17.8 Å². The second kappa shape index (κ2) is 4.97. The maximum Gasteiger partial charge on any atom is 0.147 e. The van der Waals surface area contributed by atoms with Crippen LogP contribution in [0.25, 0.3) is 0 Å². The highest BCUT2D eigenvalue weighted by atomic mass is 19.1. The van der Waals surface area contributed by atoms with Crippen molar-refractivity contribution in [3.63, 3.8) is 0 Å². The van der Waals surface area contributed by atoms with E-state index >= 15 is 0 Å². The van der Waals surface area contributed by atoms with Gasteiger partial charge in [-0.1, -0.05) is 30.3 Å². The van der Waals surface area contributed by atoms with Gasteiger partial charge >= 0.3 is 0 Å². The topological polar surface area (TPSA) is 15.3 Å². The van der Waals surface area contributed by atoms with E-state index in [0.717, 1.165) is 6.42 Å². The first kappa shape index (κ1) is 12.1. The number of benzene rings is 2. The quantitative estimate of drug-likeness (QED) is 0.890. The first-order valence-corrected chi connectivity index (χ1v) is 6.29. The van der Waals surface area contributed by atoms with Crippen LogP contribution < -0.4 is 10.4 Å². The van der Waals surface area contributed by atoms with Crippen molar-refractivity contribution in [2.45, 2.75) is 12.5 Å². The van der Waals surface area contributed by atoms with E-state index in [4.69, 9.17) is 0 Å². The highest BCUT2D eigenvalue weighted by Gasteiger charge is 2.29. The van der Waals surface area contributed by atoms with Crippen LogP contribution in [0.2, 0.25) is 0 Å². The van der Waals surface area contributed by atoms with E-state index in [1.54, 1.807) is 41.4 Å². The summed E-state index contributed by atoms with van der Waals surface area (Å²) in [5, 5.41) is 1.72. The summed E-state index contributed by atoms with van der Waals surface area (Å²) in [6.45, 7) is 0.702. The van der Waals surface area contributed by atoms with Crippen molar-refractivity contribution in [1.82, 2.24) is 5.43 Å². The van der Waals surface area contributed by atoms with Crippen LogP contribution in [0.5, 0.6) is 0 Å². The third kappa shape index (κ3) is 2.19. The van der Waals surface area contributed by atoms with Gasteiger partial charge in [-0.3, -0.25) is 5.01 Å². The van der Waals surface area contributed by atoms with E-state index in [9.17, 15) is 8.78 Å². The molecule has 0 saturated carbocycles. The lowest BCUT2D eigenvalue weighted by Crippen LogP contribution is -2.33. The molecule has 2 nitrogen and oxygen atoms in total. The van der Waals surface area contributed by atoms with Crippen molar-refractivity contribution in [2.75, 3.05) is 11.6 Å². The number of anilines is 1. The lowest BCUT2D eigenvalue weighted by Gasteiger charge is -2.27. The Morgan fingerprint density at radius 2 is 1.63 bits per heavy atom. The lowest BCUT2D eigenvalue weighted by atomic mass is 10.0. The standard InChI is InChI=1S/C15H14F2N2/c16-12-6-2-1-5-11(12)14-9-10-18-19(14)15-8-4-3-7-13(15)17/h1-8,14,18H,9-10H2. The molecule has 19 heavy (non-hydrogen) atoms. The van der Waals surface area contributed by atoms with Gasteiger partial charge in [-0.2, -0.15) is 0 Å². The molecule has 2 aromatic carbocycles. The number of rotatable bonds is 2. The maximum absolute atomic E-state index is 13.9. The van der Waals surface area contributed by atoms with E-state index in [2.05, 4.69) is 5.43 Å². The van der Waals surface area contributed by atoms with E-state index in [1.807, 2.05) is 0 Å². The molecule has 0 radical (unpaired) electrons. The first-order chi connectivity index (χ1) is 9.27. The van der Waals surface area contributed by atoms with Crippen molar-refractivity contribution in [3.8, 4) is 0 Å². The number of hydrazine groups is 1. The Morgan fingerprint density at radius 1 is 0.947 bits per heavy atom. The Bertz CT molecular complexity index is 534. The van der Waals surface area contributed by atoms with E-state index in [-0.39, 0.29) is 17.7 Å². The molecule has 1 unspecified atom stereocenters. The molecule has 0 spiro atoms. The Hall–Kier alpha value is -1.94. The van der Waals surface area contributed by atoms with Gasteiger partial charge in [0.25, 0.3) is 0 Å². The Kier molecular flexibility index (Phi) is 3.17. The summed E-state index contributed by atoms with van der Waals surface area (Å²) in [5.74, 6) is -0.559. The van der Waals surface area contributed by atoms with Gasteiger partial charge in [0, 0.05) is 12.1 Å². The molecule has 1 aliphatic rings. The number of hydrogen-bond acceptors (Lipinski definition) is 2. The van der Waals surface area contributed by atoms with E-state index < -0.39 is 0 Å². The molecule has 0 amide bonds. The second-order valence-electron chi connectivity index (χ2n) is 4.56. The summed E-state index contributed by atoms with van der Waals surface area (Å²) < 4.78 is 27.7. The molecular weight excluding hydrogens is 246 g/mol. The van der Waals surface area contributed by atoms with Gasteiger partial charge in [0.15, 0.2) is 0 Å². The largest absolute Gasteiger partial charge is 0.298 e. The van der Waals surface area contributed by atoms with Crippen molar-refractivity contribution in [2.24, 2.45) is 0 Å². The minimum Gasteiger partial charge on any atom is -0.298 e. The fraction of sp³-hybridized carbons (Fsp3) is 0.200. The molecule has 0 bridgehead atoms. The molecule has 0 aliphatic carbocycles. The molecule has 1 atom stereocenters. The van der Waals surface area contributed by atoms with Gasteiger partial charge in [-0.25, -0.2) is 14.2 Å². The summed E-state index contributed by atoms with van der Waals surface area (Å²) in [6.07, 6.45) is 0.745. The van der Waals surface area contributed by atoms with Gasteiger partial charge in [0.05, 0.1) is 11.7 Å². The fourth-order valence-corrected chi connectivity index (χ4v) is 2.50. The molecule has 1 saturated heterocycles. The molecule has 1 aliphatic heterocycles. The molecule has 0 aromatic heterocycles. The molecule has 1 N–H and O–H groups in total. The lowest BCUT2D eigenvalue weighted by molar-refractivity contribution is 0.562. The SMILES string of the molecule is Fc1ccccc1C1CCNN1c1ccccc1F. The van der Waals surface area contributed by atoms with Crippen LogP contribution in [0.3, 0.4) is 0 Å². The van der Waals surface area contributed by atoms with Crippen LogP contribution >= 0.6 is 0 Å². The van der Waals surface area contributed by atoms with Crippen LogP contribution in [0.15, 0.2) is 48.5 Å². The Morgan fingerprint density at radius 3 is 2.37 bits per heavy atom. The maximum atomic E-state index is 13.9.